The van der Waals surface area contributed by atoms with Crippen LogP contribution in [0.25, 0.3) is 6.08 Å². The van der Waals surface area contributed by atoms with E-state index < -0.39 is 5.91 Å². The lowest BCUT2D eigenvalue weighted by molar-refractivity contribution is -0.117. The fourth-order valence-corrected chi connectivity index (χ4v) is 2.76. The summed E-state index contributed by atoms with van der Waals surface area (Å²) in [7, 11) is 0. The number of rotatable bonds is 4. The molecule has 0 saturated carbocycles. The van der Waals surface area contributed by atoms with Gasteiger partial charge in [0.25, 0.3) is 5.91 Å². The molecule has 0 saturated heterocycles. The molecule has 0 radical (unpaired) electrons. The molecule has 0 aliphatic carbocycles. The third-order valence-electron chi connectivity index (χ3n) is 2.62. The van der Waals surface area contributed by atoms with E-state index in [4.69, 9.17) is 16.3 Å². The molecule has 0 bridgehead atoms. The van der Waals surface area contributed by atoms with Gasteiger partial charge in [0.1, 0.15) is 5.75 Å². The van der Waals surface area contributed by atoms with Gasteiger partial charge in [-0.2, -0.15) is 4.99 Å². The standard InChI is InChI=1S/C15H15ClN2O3S/c1-3-6-21-12-5-4-11(16)7-10(12)8-13-14(20)18-15(22-13)17-9(2)19/h4-5,7-8H,3,6H2,1-2H3,(H,17,18,19,20)/b13-8+. The van der Waals surface area contributed by atoms with Crippen molar-refractivity contribution in [2.24, 2.45) is 4.99 Å². The van der Waals surface area contributed by atoms with E-state index in [1.54, 1.807) is 24.3 Å². The second kappa shape index (κ2) is 7.47. The number of ether oxygens (including phenoxy) is 1. The van der Waals surface area contributed by atoms with E-state index in [2.05, 4.69) is 10.3 Å². The molecule has 0 spiro atoms. The van der Waals surface area contributed by atoms with Crippen LogP contribution < -0.4 is 10.1 Å². The Labute approximate surface area is 137 Å². The number of amides is 2. The summed E-state index contributed by atoms with van der Waals surface area (Å²) in [5.74, 6) is -0.00896. The first-order valence-corrected chi connectivity index (χ1v) is 7.91. The van der Waals surface area contributed by atoms with Crippen LogP contribution in [0.4, 0.5) is 0 Å². The van der Waals surface area contributed by atoms with Crippen molar-refractivity contribution in [2.45, 2.75) is 20.3 Å². The van der Waals surface area contributed by atoms with E-state index in [-0.39, 0.29) is 11.1 Å². The number of benzene rings is 1. The summed E-state index contributed by atoms with van der Waals surface area (Å²) in [5, 5.41) is 3.33. The van der Waals surface area contributed by atoms with Crippen molar-refractivity contribution in [1.29, 1.82) is 0 Å². The molecule has 22 heavy (non-hydrogen) atoms. The fourth-order valence-electron chi connectivity index (χ4n) is 1.73. The first-order chi connectivity index (χ1) is 10.5. The van der Waals surface area contributed by atoms with Gasteiger partial charge in [-0.3, -0.25) is 9.59 Å². The van der Waals surface area contributed by atoms with Crippen LogP contribution in [0.1, 0.15) is 25.8 Å². The first-order valence-electron chi connectivity index (χ1n) is 6.72. The number of hydrogen-bond donors (Lipinski definition) is 1. The number of halogens is 1. The number of carbonyl (C=O) groups excluding carboxylic acids is 2. The Bertz CT molecular complexity index is 671. The van der Waals surface area contributed by atoms with Crippen LogP contribution in [0, 0.1) is 0 Å². The maximum Gasteiger partial charge on any atom is 0.286 e. The van der Waals surface area contributed by atoms with Crippen LogP contribution in [0.5, 0.6) is 5.75 Å². The normalized spacial score (nSPS) is 15.9. The highest BCUT2D eigenvalue weighted by molar-refractivity contribution is 8.18. The van der Waals surface area contributed by atoms with Crippen molar-refractivity contribution in [1.82, 2.24) is 5.32 Å². The van der Waals surface area contributed by atoms with Gasteiger partial charge in [-0.1, -0.05) is 18.5 Å². The highest BCUT2D eigenvalue weighted by Gasteiger charge is 2.23. The lowest BCUT2D eigenvalue weighted by atomic mass is 10.2. The van der Waals surface area contributed by atoms with Crippen LogP contribution in [0.2, 0.25) is 5.02 Å². The molecule has 0 atom stereocenters. The molecule has 1 aromatic rings. The van der Waals surface area contributed by atoms with Crippen molar-refractivity contribution in [3.63, 3.8) is 0 Å². The average molecular weight is 339 g/mol. The molecule has 5 nitrogen and oxygen atoms in total. The van der Waals surface area contributed by atoms with E-state index in [0.717, 1.165) is 18.2 Å². The van der Waals surface area contributed by atoms with Gasteiger partial charge >= 0.3 is 0 Å². The number of hydrogen-bond acceptors (Lipinski definition) is 4. The van der Waals surface area contributed by atoms with E-state index in [0.29, 0.717) is 27.8 Å². The minimum absolute atomic E-state index is 0.268. The zero-order valence-corrected chi connectivity index (χ0v) is 13.8. The number of nitrogens with zero attached hydrogens (tertiary/aromatic N) is 1. The van der Waals surface area contributed by atoms with Gasteiger partial charge in [-0.15, -0.1) is 0 Å². The van der Waals surface area contributed by atoms with E-state index >= 15 is 0 Å². The Morgan fingerprint density at radius 3 is 2.95 bits per heavy atom. The van der Waals surface area contributed by atoms with Crippen LogP contribution in [-0.2, 0) is 9.59 Å². The highest BCUT2D eigenvalue weighted by Crippen LogP contribution is 2.31. The molecule has 1 aliphatic rings. The SMILES string of the molecule is CCCOc1ccc(Cl)cc1/C=C1/SC(NC(C)=O)=NC1=O. The Hall–Kier alpha value is -1.79. The lowest BCUT2D eigenvalue weighted by Crippen LogP contribution is -2.23. The Morgan fingerprint density at radius 1 is 1.50 bits per heavy atom. The molecule has 116 valence electrons. The monoisotopic (exact) mass is 338 g/mol. The van der Waals surface area contributed by atoms with Crippen LogP contribution in [0.3, 0.4) is 0 Å². The predicted octanol–water partition coefficient (Wildman–Crippen LogP) is 3.24. The summed E-state index contributed by atoms with van der Waals surface area (Å²) in [4.78, 5) is 27.1. The van der Waals surface area contributed by atoms with Gasteiger partial charge in [0.15, 0.2) is 5.17 Å². The van der Waals surface area contributed by atoms with Gasteiger partial charge in [0.2, 0.25) is 5.91 Å². The Kier molecular flexibility index (Phi) is 5.63. The van der Waals surface area contributed by atoms with Crippen molar-refractivity contribution in [3.05, 3.63) is 33.7 Å². The molecule has 0 unspecified atom stereocenters. The lowest BCUT2D eigenvalue weighted by Gasteiger charge is -2.09. The minimum atomic E-state index is -0.393. The van der Waals surface area contributed by atoms with Gasteiger partial charge in [0, 0.05) is 17.5 Å². The molecular weight excluding hydrogens is 324 g/mol. The van der Waals surface area contributed by atoms with Gasteiger partial charge < -0.3 is 10.1 Å². The zero-order valence-electron chi connectivity index (χ0n) is 12.2. The zero-order chi connectivity index (χ0) is 16.1. The van der Waals surface area contributed by atoms with E-state index in [1.807, 2.05) is 6.92 Å². The number of aliphatic imine (C=N–C) groups is 1. The van der Waals surface area contributed by atoms with Gasteiger partial charge in [-0.05, 0) is 42.5 Å². The van der Waals surface area contributed by atoms with Crippen LogP contribution >= 0.6 is 23.4 Å². The molecule has 1 N–H and O–H groups in total. The molecule has 1 aromatic carbocycles. The van der Waals surface area contributed by atoms with Gasteiger partial charge in [0.05, 0.1) is 11.5 Å². The fraction of sp³-hybridized carbons (Fsp3) is 0.267. The van der Waals surface area contributed by atoms with Crippen LogP contribution in [0.15, 0.2) is 28.1 Å². The molecule has 7 heteroatoms. The Morgan fingerprint density at radius 2 is 2.27 bits per heavy atom. The number of amidine groups is 1. The summed E-state index contributed by atoms with van der Waals surface area (Å²) >= 11 is 7.12. The maximum absolute atomic E-state index is 11.9. The van der Waals surface area contributed by atoms with Crippen molar-refractivity contribution >= 4 is 46.4 Å². The van der Waals surface area contributed by atoms with Crippen molar-refractivity contribution in [3.8, 4) is 5.75 Å². The minimum Gasteiger partial charge on any atom is -0.493 e. The molecule has 0 fully saturated rings. The highest BCUT2D eigenvalue weighted by atomic mass is 35.5. The predicted molar refractivity (Wildman–Crippen MR) is 89.1 cm³/mol. The maximum atomic E-state index is 11.9. The number of thioether (sulfide) groups is 1. The molecule has 0 aromatic heterocycles. The summed E-state index contributed by atoms with van der Waals surface area (Å²) in [5.41, 5.74) is 0.705. The number of nitrogens with one attached hydrogen (secondary N) is 1. The third kappa shape index (κ3) is 4.35. The summed E-state index contributed by atoms with van der Waals surface area (Å²) < 4.78 is 5.65. The van der Waals surface area contributed by atoms with E-state index in [9.17, 15) is 9.59 Å². The largest absolute Gasteiger partial charge is 0.493 e. The van der Waals surface area contributed by atoms with Crippen molar-refractivity contribution < 1.29 is 14.3 Å². The summed E-state index contributed by atoms with van der Waals surface area (Å²) in [6.45, 7) is 3.95. The quantitative estimate of drug-likeness (QED) is 0.856. The smallest absolute Gasteiger partial charge is 0.286 e. The first kappa shape index (κ1) is 16.6. The second-order valence-corrected chi connectivity index (χ2v) is 6.01. The summed E-state index contributed by atoms with van der Waals surface area (Å²) in [6.07, 6.45) is 2.55. The van der Waals surface area contributed by atoms with Crippen LogP contribution in [-0.4, -0.2) is 23.6 Å². The molecule has 1 heterocycles. The number of carbonyl (C=O) groups is 2. The average Bonchev–Trinajstić information content (AvgIpc) is 2.77. The second-order valence-electron chi connectivity index (χ2n) is 4.54. The molecule has 1 aliphatic heterocycles. The Balaban J connectivity index is 2.24. The molecule has 2 amide bonds. The molecular formula is C15H15ClN2O3S. The van der Waals surface area contributed by atoms with E-state index in [1.165, 1.54) is 6.92 Å². The topological polar surface area (TPSA) is 67.8 Å². The summed E-state index contributed by atoms with van der Waals surface area (Å²) in [6, 6.07) is 5.23. The van der Waals surface area contributed by atoms with Crippen molar-refractivity contribution in [2.75, 3.05) is 6.61 Å². The third-order valence-corrected chi connectivity index (χ3v) is 3.76. The van der Waals surface area contributed by atoms with Gasteiger partial charge in [-0.25, -0.2) is 0 Å². The molecule has 2 rings (SSSR count).